The number of aliphatic hydroxyl groups is 7. The highest BCUT2D eigenvalue weighted by atomic mass is 32.3. The third kappa shape index (κ3) is 22.2. The van der Waals surface area contributed by atoms with Crippen LogP contribution in [0.1, 0.15) is 6.92 Å². The highest BCUT2D eigenvalue weighted by Gasteiger charge is 2.58. The molecule has 5 saturated heterocycles. The zero-order chi connectivity index (χ0) is 64.6. The minimum Gasteiger partial charge on any atom is -0.829 e. The molecule has 0 aromatic rings. The average Bonchev–Trinajstić information content (AvgIpc) is 1.22. The van der Waals surface area contributed by atoms with E-state index in [0.717, 1.165) is 0 Å². The van der Waals surface area contributed by atoms with Gasteiger partial charge in [0.1, 0.15) is 123 Å². The number of carbonyl (C=O) groups is 2. The van der Waals surface area contributed by atoms with Crippen LogP contribution in [0.2, 0.25) is 0 Å². The van der Waals surface area contributed by atoms with Crippen LogP contribution in [0.25, 0.3) is 0 Å². The Labute approximate surface area is 495 Å². The highest BCUT2D eigenvalue weighted by Crippen LogP contribution is 2.39. The Morgan fingerprint density at radius 1 is 0.593 bits per heavy atom. The Kier molecular flexibility index (Phi) is 32.0. The lowest BCUT2D eigenvalue weighted by atomic mass is 9.92. The van der Waals surface area contributed by atoms with E-state index in [4.69, 9.17) is 51.6 Å². The van der Waals surface area contributed by atoms with Crippen LogP contribution in [0.5, 0.6) is 0 Å². The fraction of sp³-hybridized carbons (Fsp3) is 0.935. The molecule has 0 aromatic heterocycles. The smallest absolute Gasteiger partial charge is 0.397 e. The van der Waals surface area contributed by atoms with Crippen LogP contribution in [0.4, 0.5) is 0 Å². The van der Waals surface area contributed by atoms with Crippen molar-refractivity contribution in [3.63, 3.8) is 0 Å². The van der Waals surface area contributed by atoms with Gasteiger partial charge in [-0.1, -0.05) is 6.92 Å². The minimum atomic E-state index is -6.22. The second-order valence-corrected chi connectivity index (χ2v) is 22.7. The number of nitrogens with one attached hydrogen (secondary N) is 2. The fourth-order valence-corrected chi connectivity index (χ4v) is 11.2. The number of hydrogen-bond acceptors (Lipinski definition) is 50. The Balaban J connectivity index is 0.00000783. The second-order valence-electron chi connectivity index (χ2n) is 16.9. The third-order valence-corrected chi connectivity index (χ3v) is 15.4. The first-order chi connectivity index (χ1) is 40.3. The molecule has 0 radical (unpaired) electrons. The van der Waals surface area contributed by atoms with Gasteiger partial charge in [0.15, 0.2) is 61.0 Å². The molecule has 86 heavy (non-hydrogen) atoms. The maximum Gasteiger partial charge on any atom is 0.397 e. The van der Waals surface area contributed by atoms with Crippen molar-refractivity contribution < 1.29 is 217 Å². The summed E-state index contributed by atoms with van der Waals surface area (Å²) in [5, 5.41) is 159. The van der Waals surface area contributed by atoms with Gasteiger partial charge < -0.3 is 128 Å². The van der Waals surface area contributed by atoms with Gasteiger partial charge in [0.25, 0.3) is 0 Å². The molecule has 0 amide bonds. The summed E-state index contributed by atoms with van der Waals surface area (Å²) in [7, 11) is -17.5. The molecule has 0 aromatic carbocycles. The van der Waals surface area contributed by atoms with Gasteiger partial charge in [-0.3, -0.25) is 37.3 Å². The molecule has 26 atom stereocenters. The number of carboxylic acid groups (broad SMARTS) is 1. The number of rotatable bonds is 33. The van der Waals surface area contributed by atoms with Gasteiger partial charge in [0, 0.05) is 12.2 Å². The standard InChI is InChI=1S/C30H51N2O45S7.CH2O/c1-5-11(33)12(34)8(4-81(47)77-73-46)61-27(5)65-21-14(36)15(37)29(67-26(21)42)63-18-7(3-58-83(51,52)53)60-28(10(32-79-75-71-44)19(18)68-80-76-72-45)64-20-16(38)22(69-84(54,55)56)30(66-23(20)24(39)40)62-17-6(2-57-82(48,49)50)59-25(41)9(13(17)35)31-78-74-70-43;1-2/h5-23,25-38,41,43-46H,2-4H2,1H3,(H,39,40)(H,48,49,50)(H,51,52,53)(H,54,55,56);1H2/q-1;/p-7/t5?,6?,7-,8?,9?,10?,11+,12+,13+,14+,15?,16+,17+,18+,19?,20-,21-,22?,23?,25?,26?,27+,28+,29+,30+,81?;/m0./s1. The van der Waals surface area contributed by atoms with E-state index in [0.29, 0.717) is 0 Å². The van der Waals surface area contributed by atoms with Crippen LogP contribution < -0.4 is 40.7 Å². The minimum absolute atomic E-state index is 0.163. The summed E-state index contributed by atoms with van der Waals surface area (Å²) in [6.45, 7) is 0.0506. The Morgan fingerprint density at radius 3 is 1.72 bits per heavy atom. The number of aliphatic hydroxyl groups excluding tert-OH is 7. The van der Waals surface area contributed by atoms with Crippen LogP contribution >= 0.6 is 36.8 Å². The Bertz CT molecular complexity index is 2420. The molecule has 12 unspecified atom stereocenters. The first-order valence-corrected chi connectivity index (χ1v) is 29.8. The van der Waals surface area contributed by atoms with E-state index in [-0.39, 0.29) is 24.5 Å². The lowest BCUT2D eigenvalue weighted by Crippen LogP contribution is -2.71. The lowest BCUT2D eigenvalue weighted by Gasteiger charge is -2.52. The van der Waals surface area contributed by atoms with Gasteiger partial charge in [-0.2, -0.15) is 17.1 Å². The van der Waals surface area contributed by atoms with E-state index in [1.54, 1.807) is 0 Å². The maximum atomic E-state index is 13.6. The van der Waals surface area contributed by atoms with Gasteiger partial charge >= 0.3 is 10.4 Å². The molecule has 506 valence electrons. The fourth-order valence-electron chi connectivity index (χ4n) is 8.23. The summed E-state index contributed by atoms with van der Waals surface area (Å²) in [6, 6.07) is -4.29. The number of hydrogen-bond donors (Lipinski definition) is 10. The van der Waals surface area contributed by atoms with Crippen LogP contribution in [-0.4, -0.2) is 258 Å². The van der Waals surface area contributed by atoms with Crippen molar-refractivity contribution in [3.05, 3.63) is 0 Å². The summed E-state index contributed by atoms with van der Waals surface area (Å²) < 4.78 is 204. The third-order valence-electron chi connectivity index (χ3n) is 11.9. The van der Waals surface area contributed by atoms with Crippen molar-refractivity contribution in [1.29, 1.82) is 0 Å². The zero-order valence-electron chi connectivity index (χ0n) is 41.7. The monoisotopic (exact) mass is 1410 g/mol. The first-order valence-electron chi connectivity index (χ1n) is 22.4. The highest BCUT2D eigenvalue weighted by molar-refractivity contribution is 7.92. The van der Waals surface area contributed by atoms with Gasteiger partial charge in [-0.05, 0) is 0 Å². The zero-order valence-corrected chi connectivity index (χ0v) is 47.4. The largest absolute Gasteiger partial charge is 0.829 e. The van der Waals surface area contributed by atoms with Crippen molar-refractivity contribution in [1.82, 2.24) is 9.44 Å². The molecule has 5 aliphatic rings. The summed E-state index contributed by atoms with van der Waals surface area (Å²) in [5.74, 6) is -4.73. The predicted molar refractivity (Wildman–Crippen MR) is 233 cm³/mol. The van der Waals surface area contributed by atoms with Crippen LogP contribution in [0.3, 0.4) is 0 Å². The van der Waals surface area contributed by atoms with Crippen molar-refractivity contribution in [3.8, 4) is 0 Å². The van der Waals surface area contributed by atoms with Crippen LogP contribution in [0.15, 0.2) is 0 Å². The molecule has 5 rings (SSSR count). The number of aliphatic carboxylic acids is 1. The molecular weight excluding hydrogens is 1360 g/mol. The Hall–Kier alpha value is -1.33. The van der Waals surface area contributed by atoms with E-state index in [2.05, 4.69) is 54.8 Å². The van der Waals surface area contributed by atoms with Gasteiger partial charge in [-0.15, -0.1) is 8.67 Å². The van der Waals surface area contributed by atoms with Crippen LogP contribution in [-0.2, 0) is 149 Å². The topological polar surface area (TPSA) is 718 Å². The SMILES string of the molecule is C=O.CC1[C@@H](O[C@@H]2C([O-])O[C@@H](O[C@H]3C(OSOO[O-])C(NSOO[O-])[C@@H](O[C@@H]4C(C(=O)[O-])O[C@@H](O[C@@H]5C(COS(=O)(=O)[O-])OC(O)C(NSOO[O-])[C@H]5O)C(OS(=O)(=O)[O-])[C@@H]4O)O[C@H]3COS(=O)(=O)O)C(O)[C@H]2O)OC(CS(=O)OO[O-])[C@@H](O)[C@@H]1O. The molecule has 0 saturated carbocycles. The number of carboxylic acids is 1. The normalized spacial score (nSPS) is 39.5. The summed E-state index contributed by atoms with van der Waals surface area (Å²) in [4.78, 5) is 20.9. The predicted octanol–water partition coefficient (Wildman–Crippen LogP) is -16.5. The molecular formula is C31H46N2O46S7-8. The number of ether oxygens (including phenoxy) is 9. The van der Waals surface area contributed by atoms with Crippen molar-refractivity contribution >= 4 is 91.8 Å². The maximum absolute atomic E-state index is 13.6. The molecule has 0 aliphatic carbocycles. The summed E-state index contributed by atoms with van der Waals surface area (Å²) in [6.07, 6.45) is -54.0. The van der Waals surface area contributed by atoms with Crippen molar-refractivity contribution in [2.45, 2.75) is 154 Å². The quantitative estimate of drug-likeness (QED) is 0.00555. The molecule has 5 heterocycles. The number of carbonyl (C=O) groups excluding carboxylic acids is 2. The van der Waals surface area contributed by atoms with E-state index in [1.165, 1.54) is 6.92 Å². The van der Waals surface area contributed by atoms with E-state index in [1.807, 2.05) is 11.5 Å². The summed E-state index contributed by atoms with van der Waals surface area (Å²) >= 11 is -3.59. The van der Waals surface area contributed by atoms with E-state index < -0.39 is 233 Å². The van der Waals surface area contributed by atoms with E-state index in [9.17, 15) is 115 Å². The molecule has 0 spiro atoms. The summed E-state index contributed by atoms with van der Waals surface area (Å²) in [5.41, 5.74) is 0. The molecule has 5 aliphatic heterocycles. The molecule has 10 N–H and O–H groups in total. The van der Waals surface area contributed by atoms with Crippen molar-refractivity contribution in [2.24, 2.45) is 5.92 Å². The average molecular weight is 1410 g/mol. The van der Waals surface area contributed by atoms with Gasteiger partial charge in [0.2, 0.25) is 20.8 Å². The molecule has 55 heteroatoms. The molecule has 48 nitrogen and oxygen atoms in total. The first kappa shape index (κ1) is 77.1. The van der Waals surface area contributed by atoms with Gasteiger partial charge in [0.05, 0.1) is 37.1 Å². The second kappa shape index (κ2) is 35.6. The lowest BCUT2D eigenvalue weighted by molar-refractivity contribution is -0.778. The van der Waals surface area contributed by atoms with Crippen LogP contribution in [0, 0.1) is 5.92 Å². The Morgan fingerprint density at radius 2 is 1.15 bits per heavy atom. The molecule has 0 bridgehead atoms. The van der Waals surface area contributed by atoms with E-state index >= 15 is 0 Å². The molecule has 5 fully saturated rings. The van der Waals surface area contributed by atoms with Gasteiger partial charge in [-0.25, -0.2) is 34.7 Å². The van der Waals surface area contributed by atoms with Crippen molar-refractivity contribution in [2.75, 3.05) is 19.0 Å².